The Hall–Kier alpha value is -3.89. The first-order valence-electron chi connectivity index (χ1n) is 13.8. The summed E-state index contributed by atoms with van der Waals surface area (Å²) in [6, 6.07) is 3.28. The molecule has 1 unspecified atom stereocenters. The Morgan fingerprint density at radius 3 is 2.50 bits per heavy atom. The highest BCUT2D eigenvalue weighted by Gasteiger charge is 2.72. The summed E-state index contributed by atoms with van der Waals surface area (Å²) in [5.41, 5.74) is -0.293. The molecule has 2 heterocycles. The van der Waals surface area contributed by atoms with E-state index in [2.05, 4.69) is 10.2 Å². The van der Waals surface area contributed by atoms with Crippen molar-refractivity contribution in [2.75, 3.05) is 20.1 Å². The highest BCUT2D eigenvalue weighted by Crippen LogP contribution is 2.65. The van der Waals surface area contributed by atoms with Crippen LogP contribution >= 0.6 is 0 Å². The first-order chi connectivity index (χ1) is 20.4. The molecular weight excluding hydrogens is 597 g/mol. The molecule has 2 bridgehead atoms. The molecule has 1 aromatic rings. The summed E-state index contributed by atoms with van der Waals surface area (Å²) in [6.45, 7) is 3.33. The number of esters is 2. The molecule has 13 nitrogen and oxygen atoms in total. The van der Waals surface area contributed by atoms with Crippen LogP contribution in [-0.2, 0) is 40.5 Å². The number of carboxylic acid groups (broad SMARTS) is 1. The monoisotopic (exact) mass is 630 g/mol. The van der Waals surface area contributed by atoms with Gasteiger partial charge in [-0.25, -0.2) is 9.59 Å². The van der Waals surface area contributed by atoms with Gasteiger partial charge in [0.2, 0.25) is 5.91 Å². The van der Waals surface area contributed by atoms with Gasteiger partial charge in [-0.3, -0.25) is 9.59 Å². The quantitative estimate of drug-likeness (QED) is 0.265. The molecule has 1 spiro atoms. The number of halogens is 3. The number of phenolic OH excluding ortho intramolecular Hbond substituents is 1. The Kier molecular flexibility index (Phi) is 8.92. The molecule has 1 amide bonds. The number of nitrogens with one attached hydrogen (secondary N) is 1. The van der Waals surface area contributed by atoms with Crippen LogP contribution in [0.15, 0.2) is 24.0 Å². The molecule has 5 N–H and O–H groups in total. The van der Waals surface area contributed by atoms with Crippen LogP contribution in [-0.4, -0.2) is 105 Å². The Balaban J connectivity index is 0.000000566. The SMILES string of the molecule is C[C@H](O)C(=O)NCCC(=O)O[C@@H](C)C(=O)OC1=CC[C@]2(O)C3Cc4ccc(O)c5c4[C@@]2(CCN3C)[C@H]1O5.O=C(O)C(F)(F)F. The molecule has 0 saturated carbocycles. The van der Waals surface area contributed by atoms with Crippen molar-refractivity contribution in [2.45, 2.75) is 81.1 Å². The number of alkyl halides is 3. The van der Waals surface area contributed by atoms with E-state index in [9.17, 15) is 42.9 Å². The van der Waals surface area contributed by atoms with Crippen LogP contribution in [0.4, 0.5) is 13.2 Å². The first kappa shape index (κ1) is 33.0. The maximum atomic E-state index is 12.9. The molecule has 1 fully saturated rings. The number of aliphatic hydroxyl groups is 2. The van der Waals surface area contributed by atoms with Crippen molar-refractivity contribution < 1.29 is 67.0 Å². The summed E-state index contributed by atoms with van der Waals surface area (Å²) in [6.07, 6.45) is -5.49. The average Bonchev–Trinajstić information content (AvgIpc) is 3.29. The number of piperidine rings is 1. The Morgan fingerprint density at radius 1 is 1.23 bits per heavy atom. The van der Waals surface area contributed by atoms with Crippen molar-refractivity contribution in [1.82, 2.24) is 10.2 Å². The maximum absolute atomic E-state index is 12.9. The van der Waals surface area contributed by atoms with Gasteiger partial charge in [-0.2, -0.15) is 13.2 Å². The van der Waals surface area contributed by atoms with Gasteiger partial charge in [0.05, 0.1) is 17.4 Å². The highest BCUT2D eigenvalue weighted by atomic mass is 19.4. The van der Waals surface area contributed by atoms with E-state index in [1.807, 2.05) is 13.1 Å². The summed E-state index contributed by atoms with van der Waals surface area (Å²) in [4.78, 5) is 47.4. The molecule has 0 aromatic heterocycles. The fourth-order valence-electron chi connectivity index (χ4n) is 6.38. The van der Waals surface area contributed by atoms with Crippen LogP contribution in [0.3, 0.4) is 0 Å². The van der Waals surface area contributed by atoms with Crippen LogP contribution in [0.1, 0.15) is 44.2 Å². The van der Waals surface area contributed by atoms with E-state index >= 15 is 0 Å². The van der Waals surface area contributed by atoms with Gasteiger partial charge in [0.15, 0.2) is 23.7 Å². The predicted octanol–water partition coefficient (Wildman–Crippen LogP) is 0.665. The van der Waals surface area contributed by atoms with Crippen LogP contribution in [0.2, 0.25) is 0 Å². The number of hydrogen-bond donors (Lipinski definition) is 5. The number of ether oxygens (including phenoxy) is 3. The molecule has 5 rings (SSSR count). The third-order valence-corrected chi connectivity index (χ3v) is 8.46. The Labute approximate surface area is 249 Å². The summed E-state index contributed by atoms with van der Waals surface area (Å²) in [7, 11) is 1.98. The number of hydrogen-bond acceptors (Lipinski definition) is 11. The zero-order valence-corrected chi connectivity index (χ0v) is 24.0. The molecule has 6 atom stereocenters. The predicted molar refractivity (Wildman–Crippen MR) is 141 cm³/mol. The standard InChI is InChI=1S/C26H32N2O9.C2HF3O2/c1-13(29)23(32)27-10-7-19(31)35-14(2)24(33)36-17-6-8-26(34)18-12-15-4-5-16(30)21-20(15)25(26,22(17)37-21)9-11-28(18)3;3-2(4,5)1(6)7/h4-6,13-14,18,22,29-30,34H,7-12H2,1-3H3,(H,27,32);(H,6,7)/t13-,14-,18?,22-,25-,26-;/m0./s1. The zero-order chi connectivity index (χ0) is 32.8. The summed E-state index contributed by atoms with van der Waals surface area (Å²) >= 11 is 0. The van der Waals surface area contributed by atoms with Crippen molar-refractivity contribution in [3.63, 3.8) is 0 Å². The van der Waals surface area contributed by atoms with Crippen molar-refractivity contribution in [3.8, 4) is 11.5 Å². The van der Waals surface area contributed by atoms with E-state index in [0.29, 0.717) is 25.1 Å². The van der Waals surface area contributed by atoms with Crippen molar-refractivity contribution in [3.05, 3.63) is 35.1 Å². The van der Waals surface area contributed by atoms with Crippen molar-refractivity contribution >= 4 is 23.8 Å². The van der Waals surface area contributed by atoms with E-state index in [0.717, 1.165) is 11.1 Å². The number of aliphatic carboxylic acids is 1. The molecule has 0 radical (unpaired) electrons. The Bertz CT molecular complexity index is 1380. The number of nitrogens with zero attached hydrogens (tertiary/aromatic N) is 1. The molecular formula is C28H33F3N2O11. The smallest absolute Gasteiger partial charge is 0.490 e. The topological polar surface area (TPSA) is 192 Å². The van der Waals surface area contributed by atoms with Crippen LogP contribution in [0.5, 0.6) is 11.5 Å². The number of aliphatic hydroxyl groups excluding tert-OH is 1. The summed E-state index contributed by atoms with van der Waals surface area (Å²) in [5, 5.41) is 41.4. The van der Waals surface area contributed by atoms with Crippen molar-refractivity contribution in [2.24, 2.45) is 0 Å². The third kappa shape index (κ3) is 5.68. The number of phenols is 1. The third-order valence-electron chi connectivity index (χ3n) is 8.46. The number of carbonyl (C=O) groups is 4. The normalized spacial score (nSPS) is 27.7. The fraction of sp³-hybridized carbons (Fsp3) is 0.571. The van der Waals surface area contributed by atoms with Gasteiger partial charge in [-0.15, -0.1) is 0 Å². The van der Waals surface area contributed by atoms with Crippen molar-refractivity contribution in [1.29, 1.82) is 0 Å². The number of aromatic hydroxyl groups is 1. The van der Waals surface area contributed by atoms with Gasteiger partial charge in [-0.1, -0.05) is 6.07 Å². The molecule has 16 heteroatoms. The number of likely N-dealkylation sites (tertiary alicyclic amines) is 1. The second kappa shape index (κ2) is 11.9. The minimum atomic E-state index is -5.08. The number of rotatable bonds is 7. The highest BCUT2D eigenvalue weighted by molar-refractivity contribution is 5.82. The molecule has 2 aliphatic heterocycles. The van der Waals surface area contributed by atoms with E-state index in [-0.39, 0.29) is 36.9 Å². The second-order valence-electron chi connectivity index (χ2n) is 11.2. The largest absolute Gasteiger partial charge is 0.504 e. The van der Waals surface area contributed by atoms with E-state index in [4.69, 9.17) is 24.1 Å². The van der Waals surface area contributed by atoms with E-state index in [1.54, 1.807) is 12.1 Å². The lowest BCUT2D eigenvalue weighted by atomic mass is 9.50. The number of carboxylic acids is 1. The van der Waals surface area contributed by atoms with Gasteiger partial charge in [0.1, 0.15) is 11.9 Å². The van der Waals surface area contributed by atoms with Gasteiger partial charge in [0, 0.05) is 24.6 Å². The van der Waals surface area contributed by atoms with Gasteiger partial charge in [0.25, 0.3) is 0 Å². The molecule has 1 saturated heterocycles. The lowest BCUT2D eigenvalue weighted by Crippen LogP contribution is -2.74. The van der Waals surface area contributed by atoms with E-state index < -0.39 is 59.3 Å². The molecule has 44 heavy (non-hydrogen) atoms. The first-order valence-corrected chi connectivity index (χ1v) is 13.8. The average molecular weight is 631 g/mol. The lowest BCUT2D eigenvalue weighted by Gasteiger charge is -2.61. The van der Waals surface area contributed by atoms with Crippen LogP contribution in [0.25, 0.3) is 0 Å². The number of carbonyl (C=O) groups excluding carboxylic acids is 3. The molecule has 4 aliphatic rings. The summed E-state index contributed by atoms with van der Waals surface area (Å²) < 4.78 is 48.8. The van der Waals surface area contributed by atoms with Gasteiger partial charge >= 0.3 is 24.1 Å². The second-order valence-corrected chi connectivity index (χ2v) is 11.2. The lowest BCUT2D eigenvalue weighted by molar-refractivity contribution is -0.192. The minimum Gasteiger partial charge on any atom is -0.504 e. The number of benzene rings is 1. The molecule has 242 valence electrons. The summed E-state index contributed by atoms with van der Waals surface area (Å²) in [5.74, 6) is -4.40. The zero-order valence-electron chi connectivity index (χ0n) is 24.0. The number of amides is 1. The van der Waals surface area contributed by atoms with Gasteiger partial charge < -0.3 is 44.9 Å². The maximum Gasteiger partial charge on any atom is 0.490 e. The van der Waals surface area contributed by atoms with Crippen LogP contribution in [0, 0.1) is 0 Å². The van der Waals surface area contributed by atoms with E-state index in [1.165, 1.54) is 13.8 Å². The van der Waals surface area contributed by atoms with Gasteiger partial charge in [-0.05, 0) is 58.0 Å². The molecule has 1 aromatic carbocycles. The minimum absolute atomic E-state index is 0.0297. The fourth-order valence-corrected chi connectivity index (χ4v) is 6.38. The Morgan fingerprint density at radius 2 is 1.89 bits per heavy atom. The van der Waals surface area contributed by atoms with Crippen LogP contribution < -0.4 is 10.1 Å². The molecule has 2 aliphatic carbocycles. The number of likely N-dealkylation sites (N-methyl/N-ethyl adjacent to an activating group) is 1.